The van der Waals surface area contributed by atoms with E-state index >= 15 is 0 Å². The Balaban J connectivity index is 1.68. The van der Waals surface area contributed by atoms with E-state index in [0.29, 0.717) is 18.1 Å². The van der Waals surface area contributed by atoms with Gasteiger partial charge in [0.2, 0.25) is 0 Å². The maximum absolute atomic E-state index is 12.7. The smallest absolute Gasteiger partial charge is 0.316 e. The molecule has 0 fully saturated rings. The zero-order valence-electron chi connectivity index (χ0n) is 14.9. The Morgan fingerprint density at radius 3 is 1.85 bits per heavy atom. The summed E-state index contributed by atoms with van der Waals surface area (Å²) in [7, 11) is 0. The fourth-order valence-electron chi connectivity index (χ4n) is 2.68. The summed E-state index contributed by atoms with van der Waals surface area (Å²) in [5.41, 5.74) is 3.15. The fraction of sp³-hybridized carbons (Fsp3) is 0.0870. The molecule has 0 aliphatic heterocycles. The molecular weight excluding hydrogens is 356 g/mol. The third-order valence-corrected chi connectivity index (χ3v) is 4.32. The summed E-state index contributed by atoms with van der Waals surface area (Å²) in [6, 6.07) is 27.2. The van der Waals surface area contributed by atoms with E-state index in [1.165, 1.54) is 0 Å². The van der Waals surface area contributed by atoms with Gasteiger partial charge in [-0.05, 0) is 34.9 Å². The maximum atomic E-state index is 12.7. The first-order chi connectivity index (χ1) is 13.2. The van der Waals surface area contributed by atoms with Crippen molar-refractivity contribution in [1.82, 2.24) is 10.2 Å². The average Bonchev–Trinajstić information content (AvgIpc) is 2.70. The lowest BCUT2D eigenvalue weighted by atomic mass is 10.2. The first-order valence-electron chi connectivity index (χ1n) is 8.76. The van der Waals surface area contributed by atoms with Crippen LogP contribution in [0.1, 0.15) is 16.7 Å². The number of nitrogens with zero attached hydrogens (tertiary/aromatic N) is 1. The van der Waals surface area contributed by atoms with Crippen LogP contribution in [-0.2, 0) is 13.1 Å². The minimum absolute atomic E-state index is 0.145. The predicted octanol–water partition coefficient (Wildman–Crippen LogP) is 5.72. The zero-order valence-corrected chi connectivity index (χ0v) is 15.6. The highest BCUT2D eigenvalue weighted by Crippen LogP contribution is 2.12. The molecule has 0 saturated carbocycles. The topological polar surface area (TPSA) is 32.3 Å². The van der Waals surface area contributed by atoms with E-state index in [1.54, 1.807) is 11.1 Å². The molecule has 0 unspecified atom stereocenters. The summed E-state index contributed by atoms with van der Waals surface area (Å²) in [4.78, 5) is 14.5. The average molecular weight is 377 g/mol. The molecule has 3 aromatic carbocycles. The van der Waals surface area contributed by atoms with Crippen molar-refractivity contribution in [1.29, 1.82) is 0 Å². The molecular formula is C23H21ClN2O. The molecule has 0 aliphatic carbocycles. The zero-order chi connectivity index (χ0) is 18.9. The number of amides is 2. The molecule has 0 atom stereocenters. The molecule has 0 saturated heterocycles. The fourth-order valence-corrected chi connectivity index (χ4v) is 2.81. The molecule has 1 N–H and O–H groups in total. The molecule has 136 valence electrons. The van der Waals surface area contributed by atoms with Gasteiger partial charge in [0.25, 0.3) is 0 Å². The van der Waals surface area contributed by atoms with Gasteiger partial charge in [-0.1, -0.05) is 84.4 Å². The molecule has 3 nitrogen and oxygen atoms in total. The molecule has 4 heteroatoms. The molecule has 0 heterocycles. The Labute approximate surface area is 164 Å². The molecule has 0 radical (unpaired) electrons. The monoisotopic (exact) mass is 376 g/mol. The van der Waals surface area contributed by atoms with Gasteiger partial charge in [0, 0.05) is 24.3 Å². The number of carbonyl (C=O) groups excluding carboxylic acids is 1. The van der Waals surface area contributed by atoms with E-state index in [2.05, 4.69) is 5.32 Å². The van der Waals surface area contributed by atoms with E-state index in [0.717, 1.165) is 16.7 Å². The van der Waals surface area contributed by atoms with Gasteiger partial charge < -0.3 is 10.2 Å². The standard InChI is InChI=1S/C23H21ClN2O/c24-22-13-11-19(12-14-22)15-16-25-23(27)26(17-20-7-3-1-4-8-20)18-21-9-5-2-6-10-21/h1-16H,17-18H2,(H,25,27)/b16-15+. The van der Waals surface area contributed by atoms with Crippen LogP contribution in [0, 0.1) is 0 Å². The number of urea groups is 1. The molecule has 0 aliphatic rings. The van der Waals surface area contributed by atoms with Crippen molar-refractivity contribution < 1.29 is 4.79 Å². The quantitative estimate of drug-likeness (QED) is 0.586. The maximum Gasteiger partial charge on any atom is 0.321 e. The molecule has 2 amide bonds. The normalized spacial score (nSPS) is 10.7. The number of nitrogens with one attached hydrogen (secondary N) is 1. The lowest BCUT2D eigenvalue weighted by Crippen LogP contribution is -2.36. The number of rotatable bonds is 6. The Hall–Kier alpha value is -3.04. The van der Waals surface area contributed by atoms with Gasteiger partial charge >= 0.3 is 6.03 Å². The van der Waals surface area contributed by atoms with Gasteiger partial charge in [-0.15, -0.1) is 0 Å². The van der Waals surface area contributed by atoms with Gasteiger partial charge in [-0.3, -0.25) is 0 Å². The van der Waals surface area contributed by atoms with Gasteiger partial charge in [-0.25, -0.2) is 4.79 Å². The number of carbonyl (C=O) groups is 1. The Bertz CT molecular complexity index is 836. The van der Waals surface area contributed by atoms with Crippen molar-refractivity contribution in [3.63, 3.8) is 0 Å². The second-order valence-electron chi connectivity index (χ2n) is 6.16. The van der Waals surface area contributed by atoms with Crippen molar-refractivity contribution in [2.45, 2.75) is 13.1 Å². The summed E-state index contributed by atoms with van der Waals surface area (Å²) in [5, 5.41) is 3.55. The molecule has 27 heavy (non-hydrogen) atoms. The van der Waals surface area contributed by atoms with Crippen LogP contribution in [0.5, 0.6) is 0 Å². The third kappa shape index (κ3) is 6.01. The first kappa shape index (κ1) is 18.7. The highest BCUT2D eigenvalue weighted by molar-refractivity contribution is 6.30. The largest absolute Gasteiger partial charge is 0.321 e. The Morgan fingerprint density at radius 2 is 1.33 bits per heavy atom. The molecule has 3 aromatic rings. The van der Waals surface area contributed by atoms with E-state index in [1.807, 2.05) is 91.0 Å². The van der Waals surface area contributed by atoms with Crippen LogP contribution >= 0.6 is 11.6 Å². The molecule has 0 aromatic heterocycles. The van der Waals surface area contributed by atoms with Crippen molar-refractivity contribution in [2.24, 2.45) is 0 Å². The summed E-state index contributed by atoms with van der Waals surface area (Å²) in [6.45, 7) is 1.08. The highest BCUT2D eigenvalue weighted by atomic mass is 35.5. The van der Waals surface area contributed by atoms with Crippen LogP contribution in [0.4, 0.5) is 4.79 Å². The van der Waals surface area contributed by atoms with Crippen LogP contribution in [0.15, 0.2) is 91.1 Å². The second-order valence-corrected chi connectivity index (χ2v) is 6.60. The van der Waals surface area contributed by atoms with E-state index in [-0.39, 0.29) is 6.03 Å². The van der Waals surface area contributed by atoms with Gasteiger partial charge in [-0.2, -0.15) is 0 Å². The minimum atomic E-state index is -0.145. The van der Waals surface area contributed by atoms with Crippen molar-refractivity contribution in [3.05, 3.63) is 113 Å². The van der Waals surface area contributed by atoms with Crippen LogP contribution in [-0.4, -0.2) is 10.9 Å². The summed E-state index contributed by atoms with van der Waals surface area (Å²) in [6.07, 6.45) is 3.51. The number of halogens is 1. The lowest BCUT2D eigenvalue weighted by Gasteiger charge is -2.22. The van der Waals surface area contributed by atoms with Crippen molar-refractivity contribution in [2.75, 3.05) is 0 Å². The number of benzene rings is 3. The molecule has 0 bridgehead atoms. The highest BCUT2D eigenvalue weighted by Gasteiger charge is 2.13. The summed E-state index contributed by atoms with van der Waals surface area (Å²) in [5.74, 6) is 0. The first-order valence-corrected chi connectivity index (χ1v) is 9.14. The van der Waals surface area contributed by atoms with Crippen molar-refractivity contribution >= 4 is 23.7 Å². The lowest BCUT2D eigenvalue weighted by molar-refractivity contribution is 0.196. The van der Waals surface area contributed by atoms with Crippen LogP contribution in [0.2, 0.25) is 5.02 Å². The van der Waals surface area contributed by atoms with E-state index < -0.39 is 0 Å². The molecule has 3 rings (SSSR count). The SMILES string of the molecule is O=C(N/C=C/c1ccc(Cl)cc1)N(Cc1ccccc1)Cc1ccccc1. The van der Waals surface area contributed by atoms with Gasteiger partial charge in [0.05, 0.1) is 0 Å². The predicted molar refractivity (Wildman–Crippen MR) is 111 cm³/mol. The van der Waals surface area contributed by atoms with Crippen molar-refractivity contribution in [3.8, 4) is 0 Å². The Kier molecular flexibility index (Phi) is 6.66. The minimum Gasteiger partial charge on any atom is -0.316 e. The number of hydrogen-bond acceptors (Lipinski definition) is 1. The number of hydrogen-bond donors (Lipinski definition) is 1. The van der Waals surface area contributed by atoms with Gasteiger partial charge in [0.15, 0.2) is 0 Å². The summed E-state index contributed by atoms with van der Waals surface area (Å²) < 4.78 is 0. The van der Waals surface area contributed by atoms with Crippen LogP contribution < -0.4 is 5.32 Å². The van der Waals surface area contributed by atoms with E-state index in [9.17, 15) is 4.79 Å². The summed E-state index contributed by atoms with van der Waals surface area (Å²) >= 11 is 5.89. The van der Waals surface area contributed by atoms with E-state index in [4.69, 9.17) is 11.6 Å². The third-order valence-electron chi connectivity index (χ3n) is 4.07. The van der Waals surface area contributed by atoms with Gasteiger partial charge in [0.1, 0.15) is 0 Å². The molecule has 0 spiro atoms. The second kappa shape index (κ2) is 9.60. The van der Waals surface area contributed by atoms with Crippen LogP contribution in [0.3, 0.4) is 0 Å². The van der Waals surface area contributed by atoms with Crippen LogP contribution in [0.25, 0.3) is 6.08 Å². The Morgan fingerprint density at radius 1 is 0.815 bits per heavy atom.